The van der Waals surface area contributed by atoms with Gasteiger partial charge in [0.15, 0.2) is 0 Å². The SMILES string of the molecule is COc1ccccc1CCC(=O)NC1CCN(c2nccc(C3CCOCC3)n2)C1. The fraction of sp³-hybridized carbons (Fsp3) is 0.522. The van der Waals surface area contributed by atoms with E-state index in [0.717, 1.165) is 68.5 Å². The quantitative estimate of drug-likeness (QED) is 0.756. The maximum atomic E-state index is 12.5. The van der Waals surface area contributed by atoms with Crippen molar-refractivity contribution in [3.8, 4) is 5.75 Å². The molecule has 3 heterocycles. The third-order valence-corrected chi connectivity index (χ3v) is 5.95. The lowest BCUT2D eigenvalue weighted by molar-refractivity contribution is -0.121. The van der Waals surface area contributed by atoms with Gasteiger partial charge in [0.25, 0.3) is 0 Å². The largest absolute Gasteiger partial charge is 0.496 e. The second-order valence-corrected chi connectivity index (χ2v) is 7.98. The van der Waals surface area contributed by atoms with Gasteiger partial charge in [0, 0.05) is 56.6 Å². The topological polar surface area (TPSA) is 76.6 Å². The van der Waals surface area contributed by atoms with E-state index in [1.807, 2.05) is 36.5 Å². The summed E-state index contributed by atoms with van der Waals surface area (Å²) in [4.78, 5) is 23.9. The molecule has 0 bridgehead atoms. The van der Waals surface area contributed by atoms with Gasteiger partial charge in [-0.3, -0.25) is 4.79 Å². The van der Waals surface area contributed by atoms with E-state index in [2.05, 4.69) is 15.2 Å². The number of nitrogens with one attached hydrogen (secondary N) is 1. The highest BCUT2D eigenvalue weighted by molar-refractivity contribution is 5.76. The average molecular weight is 411 g/mol. The smallest absolute Gasteiger partial charge is 0.225 e. The second-order valence-electron chi connectivity index (χ2n) is 7.98. The minimum Gasteiger partial charge on any atom is -0.496 e. The molecule has 2 fully saturated rings. The van der Waals surface area contributed by atoms with Gasteiger partial charge < -0.3 is 19.7 Å². The Kier molecular flexibility index (Phi) is 6.79. The predicted octanol–water partition coefficient (Wildman–Crippen LogP) is 2.71. The first-order valence-electron chi connectivity index (χ1n) is 10.8. The standard InChI is InChI=1S/C23H30N4O3/c1-29-21-5-3-2-4-18(21)6-7-22(28)25-19-9-13-27(16-19)23-24-12-8-20(26-23)17-10-14-30-15-11-17/h2-5,8,12,17,19H,6-7,9-11,13-16H2,1H3,(H,25,28). The van der Waals surface area contributed by atoms with Crippen LogP contribution < -0.4 is 15.0 Å². The molecule has 2 aliphatic heterocycles. The Morgan fingerprint density at radius 3 is 2.90 bits per heavy atom. The molecule has 7 heteroatoms. The van der Waals surface area contributed by atoms with Gasteiger partial charge in [-0.05, 0) is 43.4 Å². The minimum absolute atomic E-state index is 0.0737. The van der Waals surface area contributed by atoms with E-state index in [9.17, 15) is 4.79 Å². The van der Waals surface area contributed by atoms with Crippen LogP contribution in [-0.4, -0.2) is 55.3 Å². The lowest BCUT2D eigenvalue weighted by atomic mass is 9.96. The highest BCUT2D eigenvalue weighted by atomic mass is 16.5. The number of carbonyl (C=O) groups excluding carboxylic acids is 1. The summed E-state index contributed by atoms with van der Waals surface area (Å²) in [7, 11) is 1.66. The summed E-state index contributed by atoms with van der Waals surface area (Å²) in [5.74, 6) is 2.13. The van der Waals surface area contributed by atoms with Gasteiger partial charge >= 0.3 is 0 Å². The number of nitrogens with zero attached hydrogens (tertiary/aromatic N) is 3. The fourth-order valence-corrected chi connectivity index (χ4v) is 4.25. The number of anilines is 1. The molecule has 0 spiro atoms. The second kappa shape index (κ2) is 9.89. The summed E-state index contributed by atoms with van der Waals surface area (Å²) in [5, 5.41) is 3.17. The number of aryl methyl sites for hydroxylation is 1. The molecule has 0 saturated carbocycles. The van der Waals surface area contributed by atoms with Crippen molar-refractivity contribution in [1.29, 1.82) is 0 Å². The first-order valence-corrected chi connectivity index (χ1v) is 10.8. The van der Waals surface area contributed by atoms with Crippen LogP contribution in [0.2, 0.25) is 0 Å². The zero-order valence-corrected chi connectivity index (χ0v) is 17.5. The number of amides is 1. The van der Waals surface area contributed by atoms with Crippen LogP contribution in [0.3, 0.4) is 0 Å². The summed E-state index contributed by atoms with van der Waals surface area (Å²) in [6, 6.07) is 9.99. The van der Waals surface area contributed by atoms with Gasteiger partial charge in [0.1, 0.15) is 5.75 Å². The Labute approximate surface area is 177 Å². The number of methoxy groups -OCH3 is 1. The Morgan fingerprint density at radius 1 is 1.23 bits per heavy atom. The third kappa shape index (κ3) is 5.08. The Balaban J connectivity index is 1.28. The highest BCUT2D eigenvalue weighted by Gasteiger charge is 2.26. The summed E-state index contributed by atoms with van der Waals surface area (Å²) in [6.07, 6.45) is 5.91. The van der Waals surface area contributed by atoms with Crippen molar-refractivity contribution >= 4 is 11.9 Å². The van der Waals surface area contributed by atoms with Gasteiger partial charge in [-0.2, -0.15) is 0 Å². The lowest BCUT2D eigenvalue weighted by Gasteiger charge is -2.23. The van der Waals surface area contributed by atoms with E-state index in [-0.39, 0.29) is 11.9 Å². The number of rotatable bonds is 7. The summed E-state index contributed by atoms with van der Waals surface area (Å²) in [6.45, 7) is 3.21. The van der Waals surface area contributed by atoms with Gasteiger partial charge in [-0.25, -0.2) is 9.97 Å². The molecule has 4 rings (SSSR count). The van der Waals surface area contributed by atoms with Gasteiger partial charge in [-0.15, -0.1) is 0 Å². The average Bonchev–Trinajstić information content (AvgIpc) is 3.27. The Hall–Kier alpha value is -2.67. The monoisotopic (exact) mass is 410 g/mol. The van der Waals surface area contributed by atoms with E-state index >= 15 is 0 Å². The Morgan fingerprint density at radius 2 is 2.07 bits per heavy atom. The molecule has 30 heavy (non-hydrogen) atoms. The van der Waals surface area contributed by atoms with Gasteiger partial charge in [-0.1, -0.05) is 18.2 Å². The highest BCUT2D eigenvalue weighted by Crippen LogP contribution is 2.27. The molecule has 0 radical (unpaired) electrons. The summed E-state index contributed by atoms with van der Waals surface area (Å²) >= 11 is 0. The van der Waals surface area contributed by atoms with Crippen LogP contribution in [0.4, 0.5) is 5.95 Å². The molecule has 160 valence electrons. The summed E-state index contributed by atoms with van der Waals surface area (Å²) in [5.41, 5.74) is 2.16. The van der Waals surface area contributed by atoms with Crippen LogP contribution in [0, 0.1) is 0 Å². The fourth-order valence-electron chi connectivity index (χ4n) is 4.25. The van der Waals surface area contributed by atoms with Crippen LogP contribution in [0.5, 0.6) is 5.75 Å². The van der Waals surface area contributed by atoms with E-state index in [4.69, 9.17) is 14.5 Å². The van der Waals surface area contributed by atoms with Crippen molar-refractivity contribution in [3.63, 3.8) is 0 Å². The van der Waals surface area contributed by atoms with Crippen LogP contribution in [-0.2, 0) is 16.0 Å². The normalized spacial score (nSPS) is 19.6. The zero-order valence-electron chi connectivity index (χ0n) is 17.5. The first kappa shape index (κ1) is 20.6. The van der Waals surface area contributed by atoms with Gasteiger partial charge in [0.2, 0.25) is 11.9 Å². The maximum Gasteiger partial charge on any atom is 0.225 e. The van der Waals surface area contributed by atoms with Gasteiger partial charge in [0.05, 0.1) is 7.11 Å². The molecule has 1 aromatic carbocycles. The number of hydrogen-bond donors (Lipinski definition) is 1. The lowest BCUT2D eigenvalue weighted by Crippen LogP contribution is -2.37. The van der Waals surface area contributed by atoms with Crippen LogP contribution in [0.1, 0.15) is 42.9 Å². The molecule has 0 aliphatic carbocycles. The van der Waals surface area contributed by atoms with Crippen molar-refractivity contribution in [2.24, 2.45) is 0 Å². The minimum atomic E-state index is 0.0737. The molecule has 2 aliphatic rings. The van der Waals surface area contributed by atoms with E-state index in [0.29, 0.717) is 18.8 Å². The zero-order chi connectivity index (χ0) is 20.8. The van der Waals surface area contributed by atoms with Crippen molar-refractivity contribution in [2.75, 3.05) is 38.3 Å². The van der Waals surface area contributed by atoms with E-state index < -0.39 is 0 Å². The molecular formula is C23H30N4O3. The molecule has 1 aromatic heterocycles. The number of para-hydroxylation sites is 1. The number of benzene rings is 1. The van der Waals surface area contributed by atoms with Crippen molar-refractivity contribution in [2.45, 2.75) is 44.1 Å². The van der Waals surface area contributed by atoms with Crippen LogP contribution >= 0.6 is 0 Å². The first-order chi connectivity index (χ1) is 14.7. The van der Waals surface area contributed by atoms with Crippen molar-refractivity contribution in [3.05, 3.63) is 47.8 Å². The predicted molar refractivity (Wildman–Crippen MR) is 115 cm³/mol. The molecule has 1 N–H and O–H groups in total. The molecule has 7 nitrogen and oxygen atoms in total. The van der Waals surface area contributed by atoms with Crippen molar-refractivity contribution in [1.82, 2.24) is 15.3 Å². The molecule has 1 amide bonds. The number of ether oxygens (including phenoxy) is 2. The number of aromatic nitrogens is 2. The Bertz CT molecular complexity index is 854. The van der Waals surface area contributed by atoms with E-state index in [1.165, 1.54) is 0 Å². The third-order valence-electron chi connectivity index (χ3n) is 5.95. The molecule has 1 unspecified atom stereocenters. The van der Waals surface area contributed by atoms with Crippen molar-refractivity contribution < 1.29 is 14.3 Å². The van der Waals surface area contributed by atoms with E-state index in [1.54, 1.807) is 7.11 Å². The summed E-state index contributed by atoms with van der Waals surface area (Å²) < 4.78 is 10.8. The van der Waals surface area contributed by atoms with Crippen LogP contribution in [0.15, 0.2) is 36.5 Å². The molecule has 2 aromatic rings. The molecule has 2 saturated heterocycles. The maximum absolute atomic E-state index is 12.5. The molecular weight excluding hydrogens is 380 g/mol. The number of hydrogen-bond acceptors (Lipinski definition) is 6. The molecule has 1 atom stereocenters. The van der Waals surface area contributed by atoms with Crippen LogP contribution in [0.25, 0.3) is 0 Å². The number of carbonyl (C=O) groups is 1.